The number of para-hydroxylation sites is 1. The Morgan fingerprint density at radius 2 is 1.87 bits per heavy atom. The van der Waals surface area contributed by atoms with Gasteiger partial charge >= 0.3 is 12.0 Å². The lowest BCUT2D eigenvalue weighted by Gasteiger charge is -2.28. The highest BCUT2D eigenvalue weighted by Gasteiger charge is 2.32. The van der Waals surface area contributed by atoms with Gasteiger partial charge in [-0.25, -0.2) is 9.59 Å². The van der Waals surface area contributed by atoms with E-state index in [-0.39, 0.29) is 12.2 Å². The number of hydrazone groups is 1. The summed E-state index contributed by atoms with van der Waals surface area (Å²) in [4.78, 5) is 24.5. The zero-order valence-electron chi connectivity index (χ0n) is 22.6. The zero-order valence-corrected chi connectivity index (χ0v) is 22.6. The third kappa shape index (κ3) is 7.32. The zero-order chi connectivity index (χ0) is 28.4. The van der Waals surface area contributed by atoms with Crippen molar-refractivity contribution < 1.29 is 38.4 Å². The van der Waals surface area contributed by atoms with Crippen LogP contribution in [0.3, 0.4) is 0 Å². The number of rotatable bonds is 13. The molecule has 0 aliphatic carbocycles. The van der Waals surface area contributed by atoms with Gasteiger partial charge in [0.2, 0.25) is 0 Å². The number of amides is 2. The van der Waals surface area contributed by atoms with Crippen LogP contribution in [0.25, 0.3) is 0 Å². The van der Waals surface area contributed by atoms with Gasteiger partial charge in [0.05, 0.1) is 45.3 Å². The van der Waals surface area contributed by atoms with E-state index in [0.717, 1.165) is 0 Å². The Bertz CT molecular complexity index is 1230. The molecule has 0 aromatic heterocycles. The van der Waals surface area contributed by atoms with E-state index in [1.807, 2.05) is 26.0 Å². The van der Waals surface area contributed by atoms with Crippen molar-refractivity contribution in [1.29, 1.82) is 0 Å². The molecule has 1 heterocycles. The van der Waals surface area contributed by atoms with Crippen LogP contribution in [0.1, 0.15) is 37.9 Å². The van der Waals surface area contributed by atoms with Gasteiger partial charge in [-0.15, -0.1) is 0 Å². The predicted molar refractivity (Wildman–Crippen MR) is 143 cm³/mol. The summed E-state index contributed by atoms with van der Waals surface area (Å²) >= 11 is 0. The maximum absolute atomic E-state index is 12.4. The Morgan fingerprint density at radius 3 is 2.56 bits per heavy atom. The fraction of sp³-hybridized carbons (Fsp3) is 0.370. The van der Waals surface area contributed by atoms with Gasteiger partial charge in [-0.05, 0) is 50.6 Å². The lowest BCUT2D eigenvalue weighted by Crippen LogP contribution is -2.45. The number of hydrogen-bond donors (Lipinski definition) is 4. The summed E-state index contributed by atoms with van der Waals surface area (Å²) in [5, 5.41) is 19.8. The van der Waals surface area contributed by atoms with Crippen molar-refractivity contribution in [3.05, 3.63) is 58.8 Å². The van der Waals surface area contributed by atoms with Gasteiger partial charge in [0, 0.05) is 11.3 Å². The van der Waals surface area contributed by atoms with Gasteiger partial charge in [-0.1, -0.05) is 12.1 Å². The number of nitrogens with one attached hydrogen (secondary N) is 3. The van der Waals surface area contributed by atoms with E-state index in [2.05, 4.69) is 21.2 Å². The van der Waals surface area contributed by atoms with Crippen molar-refractivity contribution in [2.24, 2.45) is 5.10 Å². The first-order chi connectivity index (χ1) is 18.8. The summed E-state index contributed by atoms with van der Waals surface area (Å²) in [5.74, 6) is 1.28. The Morgan fingerprint density at radius 1 is 1.10 bits per heavy atom. The van der Waals surface area contributed by atoms with Crippen LogP contribution in [0.2, 0.25) is 0 Å². The van der Waals surface area contributed by atoms with E-state index >= 15 is 0 Å². The first kappa shape index (κ1) is 29.1. The molecule has 2 amide bonds. The van der Waals surface area contributed by atoms with Crippen LogP contribution in [0.4, 0.5) is 4.79 Å². The number of esters is 1. The molecular weight excluding hydrogens is 508 g/mol. The van der Waals surface area contributed by atoms with E-state index in [0.29, 0.717) is 53.0 Å². The second kappa shape index (κ2) is 13.9. The number of urea groups is 1. The molecule has 0 spiro atoms. The summed E-state index contributed by atoms with van der Waals surface area (Å²) in [5.41, 5.74) is 4.54. The third-order valence-electron chi connectivity index (χ3n) is 5.62. The topological polar surface area (TPSA) is 149 Å². The highest BCUT2D eigenvalue weighted by molar-refractivity contribution is 5.95. The van der Waals surface area contributed by atoms with E-state index in [4.69, 9.17) is 23.7 Å². The highest BCUT2D eigenvalue weighted by Crippen LogP contribution is 2.35. The maximum Gasteiger partial charge on any atom is 0.337 e. The van der Waals surface area contributed by atoms with Crippen molar-refractivity contribution in [3.8, 4) is 23.0 Å². The molecule has 2 aromatic carbocycles. The summed E-state index contributed by atoms with van der Waals surface area (Å²) in [6.45, 7) is 5.95. The van der Waals surface area contributed by atoms with Crippen molar-refractivity contribution in [2.45, 2.75) is 33.0 Å². The van der Waals surface area contributed by atoms with Crippen molar-refractivity contribution >= 4 is 18.2 Å². The van der Waals surface area contributed by atoms with Crippen LogP contribution in [0.15, 0.2) is 52.8 Å². The van der Waals surface area contributed by atoms with Gasteiger partial charge in [0.1, 0.15) is 6.61 Å². The number of benzene rings is 2. The molecule has 12 heteroatoms. The number of ether oxygens (including phenoxy) is 5. The van der Waals surface area contributed by atoms with Crippen LogP contribution in [0.5, 0.6) is 23.0 Å². The summed E-state index contributed by atoms with van der Waals surface area (Å²) in [7, 11) is 2.83. The predicted octanol–water partition coefficient (Wildman–Crippen LogP) is 2.61. The number of hydrogen-bond acceptors (Lipinski definition) is 10. The summed E-state index contributed by atoms with van der Waals surface area (Å²) < 4.78 is 27.4. The fourth-order valence-corrected chi connectivity index (χ4v) is 3.91. The first-order valence-corrected chi connectivity index (χ1v) is 12.3. The number of allylic oxidation sites excluding steroid dienone is 1. The molecule has 0 saturated heterocycles. The second-order valence-electron chi connectivity index (χ2n) is 8.23. The standard InChI is InChI=1S/C27H34N4O8/c1-6-37-21-13-17(24-23(26(33)36-5)16(3)29-27(34)30-24)11-12-19(21)39-15-22(32)31-28-14-18-9-8-10-20(35-4)25(18)38-7-2/h8-14,22,24,31-32H,6-7,15H2,1-5H3,(H2,29,30,34)/b28-14+/t22-,24+/m0/s1. The molecule has 0 fully saturated rings. The Hall–Kier alpha value is -4.45. The molecular formula is C27H34N4O8. The monoisotopic (exact) mass is 542 g/mol. The smallest absolute Gasteiger partial charge is 0.337 e. The van der Waals surface area contributed by atoms with Gasteiger partial charge in [-0.3, -0.25) is 5.43 Å². The number of nitrogens with zero attached hydrogens (tertiary/aromatic N) is 1. The molecule has 4 N–H and O–H groups in total. The minimum atomic E-state index is -1.14. The average Bonchev–Trinajstić information content (AvgIpc) is 2.92. The summed E-state index contributed by atoms with van der Waals surface area (Å²) in [6, 6.07) is 9.21. The third-order valence-corrected chi connectivity index (χ3v) is 5.62. The van der Waals surface area contributed by atoms with E-state index in [9.17, 15) is 14.7 Å². The Labute approximate surface area is 226 Å². The molecule has 1 aliphatic heterocycles. The van der Waals surface area contributed by atoms with Gasteiger partial charge in [-0.2, -0.15) is 5.10 Å². The molecule has 1 aliphatic rings. The van der Waals surface area contributed by atoms with Crippen LogP contribution in [0, 0.1) is 0 Å². The highest BCUT2D eigenvalue weighted by atomic mass is 16.5. The van der Waals surface area contributed by atoms with Crippen LogP contribution in [-0.4, -0.2) is 63.6 Å². The minimum Gasteiger partial charge on any atom is -0.493 e. The van der Waals surface area contributed by atoms with Crippen LogP contribution < -0.4 is 35.0 Å². The number of carbonyl (C=O) groups excluding carboxylic acids is 2. The van der Waals surface area contributed by atoms with Crippen molar-refractivity contribution in [1.82, 2.24) is 16.1 Å². The number of methoxy groups -OCH3 is 2. The molecule has 3 rings (SSSR count). The second-order valence-corrected chi connectivity index (χ2v) is 8.23. The maximum atomic E-state index is 12.4. The minimum absolute atomic E-state index is 0.149. The molecule has 210 valence electrons. The lowest BCUT2D eigenvalue weighted by molar-refractivity contribution is -0.136. The number of carbonyl (C=O) groups is 2. The van der Waals surface area contributed by atoms with Crippen LogP contribution >= 0.6 is 0 Å². The number of aliphatic hydroxyl groups is 1. The quantitative estimate of drug-likeness (QED) is 0.130. The van der Waals surface area contributed by atoms with E-state index in [1.54, 1.807) is 38.3 Å². The van der Waals surface area contributed by atoms with Gasteiger partial charge in [0.15, 0.2) is 29.2 Å². The normalized spacial score (nSPS) is 15.7. The summed E-state index contributed by atoms with van der Waals surface area (Å²) in [6.07, 6.45) is 0.371. The average molecular weight is 543 g/mol. The molecule has 0 unspecified atom stereocenters. The van der Waals surface area contributed by atoms with Crippen LogP contribution in [-0.2, 0) is 9.53 Å². The van der Waals surface area contributed by atoms with Gasteiger partial charge in [0.25, 0.3) is 0 Å². The molecule has 2 aromatic rings. The van der Waals surface area contributed by atoms with Crippen molar-refractivity contribution in [3.63, 3.8) is 0 Å². The SMILES string of the molecule is CCOc1cc([C@H]2NC(=O)NC(C)=C2C(=O)OC)ccc1OC[C@H](O)N/N=C/c1cccc(OC)c1OCC. The Balaban J connectivity index is 1.71. The van der Waals surface area contributed by atoms with Gasteiger partial charge < -0.3 is 39.4 Å². The molecule has 2 atom stereocenters. The van der Waals surface area contributed by atoms with Crippen molar-refractivity contribution in [2.75, 3.05) is 34.0 Å². The molecule has 0 saturated carbocycles. The first-order valence-electron chi connectivity index (χ1n) is 12.3. The Kier molecular flexibility index (Phi) is 10.4. The fourth-order valence-electron chi connectivity index (χ4n) is 3.91. The molecule has 0 bridgehead atoms. The van der Waals surface area contributed by atoms with E-state index < -0.39 is 24.3 Å². The lowest BCUT2D eigenvalue weighted by atomic mass is 9.95. The molecule has 0 radical (unpaired) electrons. The molecule has 39 heavy (non-hydrogen) atoms. The largest absolute Gasteiger partial charge is 0.493 e. The van der Waals surface area contributed by atoms with E-state index in [1.165, 1.54) is 13.3 Å². The number of aliphatic hydroxyl groups excluding tert-OH is 1. The molecule has 12 nitrogen and oxygen atoms in total.